The number of carbonyl (C=O) groups excluding carboxylic acids is 4. The van der Waals surface area contributed by atoms with Crippen LogP contribution in [0, 0.1) is 58.0 Å². The number of aliphatic hydroxyl groups is 2. The van der Waals surface area contributed by atoms with E-state index in [4.69, 9.17) is 0 Å². The van der Waals surface area contributed by atoms with Crippen LogP contribution in [0.3, 0.4) is 0 Å². The molecule has 12 nitrogen and oxygen atoms in total. The molecule has 14 heteroatoms. The molecule has 0 radical (unpaired) electrons. The molecule has 8 aliphatic carbocycles. The van der Waals surface area contributed by atoms with E-state index in [1.165, 1.54) is 12.1 Å². The van der Waals surface area contributed by atoms with Gasteiger partial charge in [-0.15, -0.1) is 0 Å². The lowest BCUT2D eigenvalue weighted by Crippen LogP contribution is -2.65. The first-order valence-corrected chi connectivity index (χ1v) is 26.3. The van der Waals surface area contributed by atoms with Crippen LogP contribution >= 0.6 is 0 Å². The zero-order valence-corrected chi connectivity index (χ0v) is 40.1. The largest absolute Gasteiger partial charge is 0.393 e. The van der Waals surface area contributed by atoms with Crippen molar-refractivity contribution >= 4 is 46.4 Å². The highest BCUT2D eigenvalue weighted by Crippen LogP contribution is 2.61. The molecule has 2 spiro atoms. The molecule has 6 atom stereocenters. The first kappa shape index (κ1) is 46.1. The van der Waals surface area contributed by atoms with Crippen LogP contribution in [0.15, 0.2) is 36.4 Å². The van der Waals surface area contributed by atoms with E-state index in [9.17, 15) is 29.4 Å². The molecule has 4 N–H and O–H groups in total. The molecular weight excluding hydrogens is 867 g/mol. The molecule has 4 amide bonds. The van der Waals surface area contributed by atoms with Gasteiger partial charge in [-0.3, -0.25) is 19.2 Å². The van der Waals surface area contributed by atoms with Crippen molar-refractivity contribution < 1.29 is 38.2 Å². The number of halogens is 2. The summed E-state index contributed by atoms with van der Waals surface area (Å²) in [4.78, 5) is 59.9. The average Bonchev–Trinajstić information content (AvgIpc) is 3.81. The maximum absolute atomic E-state index is 15.1. The third-order valence-corrected chi connectivity index (χ3v) is 19.5. The summed E-state index contributed by atoms with van der Waals surface area (Å²) in [6, 6.07) is 9.73. The van der Waals surface area contributed by atoms with Crippen molar-refractivity contribution in [3.8, 4) is 0 Å². The van der Waals surface area contributed by atoms with E-state index >= 15 is 8.78 Å². The Morgan fingerprint density at radius 3 is 1.32 bits per heavy atom. The summed E-state index contributed by atoms with van der Waals surface area (Å²) in [5.41, 5.74) is 0.935. The number of carbonyl (C=O) groups is 4. The summed E-state index contributed by atoms with van der Waals surface area (Å²) >= 11 is 0. The molecule has 2 aromatic carbocycles. The lowest BCUT2D eigenvalue weighted by atomic mass is 9.51. The molecule has 0 aromatic heterocycles. The zero-order chi connectivity index (χ0) is 47.3. The van der Waals surface area contributed by atoms with Crippen LogP contribution in [-0.4, -0.2) is 106 Å². The standard InChI is InChI=1S/2C27H36FN3O3/c2*1-2-23(32)29-20-4-5-22(21(28)12-20)30-8-3-6-26(16-30)7-9-31(25(26)34)27-13-17-10-18(14-27)24(33)19(11-17)15-27/h2*4-5,12,17-19,24,33H,2-3,6-11,13-16H2,1H3,(H,29,32)/t2*17?,18?,19?,24?,26-,27?/m11/s1. The highest BCUT2D eigenvalue weighted by molar-refractivity contribution is 5.92. The second-order valence-corrected chi connectivity index (χ2v) is 23.5. The topological polar surface area (TPSA) is 146 Å². The maximum Gasteiger partial charge on any atom is 0.231 e. The third-order valence-electron chi connectivity index (χ3n) is 19.5. The lowest BCUT2D eigenvalue weighted by Gasteiger charge is -2.61. The van der Waals surface area contributed by atoms with Crippen LogP contribution in [0.5, 0.6) is 0 Å². The highest BCUT2D eigenvalue weighted by atomic mass is 19.1. The number of aliphatic hydroxyl groups excluding tert-OH is 2. The maximum atomic E-state index is 15.1. The van der Waals surface area contributed by atoms with E-state index in [-0.39, 0.29) is 58.5 Å². The Kier molecular flexibility index (Phi) is 11.7. The van der Waals surface area contributed by atoms with E-state index in [0.29, 0.717) is 84.2 Å². The molecule has 4 saturated heterocycles. The Morgan fingerprint density at radius 2 is 0.971 bits per heavy atom. The predicted octanol–water partition coefficient (Wildman–Crippen LogP) is 7.87. The Labute approximate surface area is 399 Å². The van der Waals surface area contributed by atoms with Crippen molar-refractivity contribution in [1.29, 1.82) is 0 Å². The Hall–Kier alpha value is -4.30. The monoisotopic (exact) mass is 939 g/mol. The quantitative estimate of drug-likeness (QED) is 0.210. The zero-order valence-electron chi connectivity index (χ0n) is 40.1. The van der Waals surface area contributed by atoms with Crippen molar-refractivity contribution in [2.75, 3.05) is 59.7 Å². The number of hydrogen-bond donors (Lipinski definition) is 4. The molecule has 12 aliphatic rings. The summed E-state index contributed by atoms with van der Waals surface area (Å²) in [6.45, 7) is 7.68. The van der Waals surface area contributed by atoms with E-state index in [1.54, 1.807) is 38.1 Å². The summed E-state index contributed by atoms with van der Waals surface area (Å²) in [7, 11) is 0. The van der Waals surface area contributed by atoms with Gasteiger partial charge in [0.25, 0.3) is 0 Å². The fourth-order valence-electron chi connectivity index (χ4n) is 16.7. The second-order valence-electron chi connectivity index (χ2n) is 23.5. The molecule has 68 heavy (non-hydrogen) atoms. The van der Waals surface area contributed by atoms with Gasteiger partial charge in [-0.05, 0) is 175 Å². The van der Waals surface area contributed by atoms with E-state index in [0.717, 1.165) is 129 Å². The minimum atomic E-state index is -0.443. The summed E-state index contributed by atoms with van der Waals surface area (Å²) in [5.74, 6) is 2.21. The number of rotatable bonds is 8. The van der Waals surface area contributed by atoms with Crippen molar-refractivity contribution in [2.24, 2.45) is 46.3 Å². The third kappa shape index (κ3) is 7.71. The number of likely N-dealkylation sites (tertiary alicyclic amines) is 2. The molecular formula is C54H72F2N6O6. The number of hydrogen-bond acceptors (Lipinski definition) is 8. The van der Waals surface area contributed by atoms with Crippen LogP contribution in [0.4, 0.5) is 31.5 Å². The van der Waals surface area contributed by atoms with Gasteiger partial charge in [-0.2, -0.15) is 0 Å². The first-order chi connectivity index (χ1) is 32.6. The van der Waals surface area contributed by atoms with Crippen LogP contribution in [-0.2, 0) is 19.2 Å². The lowest BCUT2D eigenvalue weighted by molar-refractivity contribution is -0.168. The number of nitrogens with one attached hydrogen (secondary N) is 2. The van der Waals surface area contributed by atoms with E-state index in [1.807, 2.05) is 9.80 Å². The predicted molar refractivity (Wildman–Crippen MR) is 256 cm³/mol. The molecule has 4 aliphatic heterocycles. The molecule has 2 aromatic rings. The summed E-state index contributed by atoms with van der Waals surface area (Å²) in [6.07, 6.45) is 15.9. The van der Waals surface area contributed by atoms with Gasteiger partial charge in [-0.1, -0.05) is 13.8 Å². The van der Waals surface area contributed by atoms with E-state index < -0.39 is 10.8 Å². The molecule has 12 fully saturated rings. The van der Waals surface area contributed by atoms with Gasteiger partial charge < -0.3 is 40.4 Å². The second kappa shape index (κ2) is 17.2. The number of benzene rings is 2. The fraction of sp³-hybridized carbons (Fsp3) is 0.704. The molecule has 8 bridgehead atoms. The van der Waals surface area contributed by atoms with Gasteiger partial charge in [0.2, 0.25) is 23.6 Å². The number of anilines is 4. The summed E-state index contributed by atoms with van der Waals surface area (Å²) < 4.78 is 30.1. The van der Waals surface area contributed by atoms with Crippen LogP contribution in [0.1, 0.15) is 129 Å². The van der Waals surface area contributed by atoms with Crippen molar-refractivity contribution in [3.63, 3.8) is 0 Å². The Bertz CT molecular complexity index is 2160. The van der Waals surface area contributed by atoms with Gasteiger partial charge in [0.1, 0.15) is 11.6 Å². The SMILES string of the molecule is CCC(=O)Nc1ccc(N2CCC[C@@]3(CCN(C45CC6CC(C4)C(O)C(C6)C5)C3=O)C2)c(F)c1.CCC(=O)Nc1ccc(N2CCC[C@@]3(CCN(C45CC6CC(C4)C(O)C(C6)C5)C3=O)C2)c(F)c1. The Balaban J connectivity index is 0.000000149. The molecule has 368 valence electrons. The smallest absolute Gasteiger partial charge is 0.231 e. The fourth-order valence-corrected chi connectivity index (χ4v) is 16.7. The van der Waals surface area contributed by atoms with Crippen LogP contribution < -0.4 is 20.4 Å². The van der Waals surface area contributed by atoms with Crippen LogP contribution in [0.2, 0.25) is 0 Å². The molecule has 14 rings (SSSR count). The number of amides is 4. The molecule has 4 heterocycles. The minimum absolute atomic E-state index is 0.0665. The van der Waals surface area contributed by atoms with Crippen molar-refractivity contribution in [2.45, 2.75) is 153 Å². The van der Waals surface area contributed by atoms with Gasteiger partial charge in [0, 0.05) is 74.6 Å². The first-order valence-electron chi connectivity index (χ1n) is 26.3. The van der Waals surface area contributed by atoms with Crippen molar-refractivity contribution in [1.82, 2.24) is 9.80 Å². The normalized spacial score (nSPS) is 38.7. The van der Waals surface area contributed by atoms with Gasteiger partial charge in [-0.25, -0.2) is 8.78 Å². The van der Waals surface area contributed by atoms with Crippen molar-refractivity contribution in [3.05, 3.63) is 48.0 Å². The van der Waals surface area contributed by atoms with Crippen LogP contribution in [0.25, 0.3) is 0 Å². The molecule has 4 unspecified atom stereocenters. The highest BCUT2D eigenvalue weighted by Gasteiger charge is 2.64. The number of piperidine rings is 2. The molecule has 8 saturated carbocycles. The van der Waals surface area contributed by atoms with Gasteiger partial charge in [0.05, 0.1) is 34.4 Å². The number of nitrogens with zero attached hydrogens (tertiary/aromatic N) is 4. The van der Waals surface area contributed by atoms with Gasteiger partial charge >= 0.3 is 0 Å². The minimum Gasteiger partial charge on any atom is -0.393 e. The summed E-state index contributed by atoms with van der Waals surface area (Å²) in [5, 5.41) is 26.8. The average molecular weight is 939 g/mol. The Morgan fingerprint density at radius 1 is 0.588 bits per heavy atom. The van der Waals surface area contributed by atoms with Gasteiger partial charge in [0.15, 0.2) is 0 Å². The van der Waals surface area contributed by atoms with E-state index in [2.05, 4.69) is 20.4 Å².